The lowest BCUT2D eigenvalue weighted by atomic mass is 10.1. The molecule has 2 atom stereocenters. The van der Waals surface area contributed by atoms with E-state index >= 15 is 0 Å². The van der Waals surface area contributed by atoms with Crippen LogP contribution in [0.1, 0.15) is 20.8 Å². The van der Waals surface area contributed by atoms with Gasteiger partial charge in [-0.2, -0.15) is 0 Å². The molecule has 0 aliphatic carbocycles. The molecule has 0 radical (unpaired) electrons. The summed E-state index contributed by atoms with van der Waals surface area (Å²) in [6, 6.07) is 0.300. The van der Waals surface area contributed by atoms with Crippen molar-refractivity contribution in [3.63, 3.8) is 0 Å². The van der Waals surface area contributed by atoms with Crippen molar-refractivity contribution in [3.05, 3.63) is 0 Å². The van der Waals surface area contributed by atoms with Crippen LogP contribution in [0.15, 0.2) is 0 Å². The monoisotopic (exact) mass is 255 g/mol. The Morgan fingerprint density at radius 3 is 2.40 bits per heavy atom. The Morgan fingerprint density at radius 1 is 1.60 bits per heavy atom. The number of rotatable bonds is 3. The summed E-state index contributed by atoms with van der Waals surface area (Å²) in [5.74, 6) is 0.619. The second-order valence-electron chi connectivity index (χ2n) is 2.62. The molecule has 1 unspecified atom stereocenters. The fraction of sp³-hybridized carbons (Fsp3) is 0.857. The summed E-state index contributed by atoms with van der Waals surface area (Å²) in [7, 11) is 0. The Morgan fingerprint density at radius 2 is 2.10 bits per heavy atom. The topological polar surface area (TPSA) is 29.1 Å². The van der Waals surface area contributed by atoms with Gasteiger partial charge in [0.05, 0.1) is 0 Å². The summed E-state index contributed by atoms with van der Waals surface area (Å²) in [4.78, 5) is 10.6. The number of amides is 1. The Kier molecular flexibility index (Phi) is 5.03. The molecule has 0 spiro atoms. The molecule has 2 nitrogen and oxygen atoms in total. The van der Waals surface area contributed by atoms with E-state index in [-0.39, 0.29) is 5.91 Å². The van der Waals surface area contributed by atoms with Gasteiger partial charge < -0.3 is 5.32 Å². The van der Waals surface area contributed by atoms with E-state index in [1.165, 1.54) is 0 Å². The lowest BCUT2D eigenvalue weighted by Crippen LogP contribution is -2.36. The predicted octanol–water partition coefficient (Wildman–Crippen LogP) is 1.58. The average molecular weight is 255 g/mol. The molecule has 60 valence electrons. The molecule has 0 fully saturated rings. The zero-order chi connectivity index (χ0) is 8.15. The molecule has 0 saturated heterocycles. The van der Waals surface area contributed by atoms with Gasteiger partial charge in [0, 0.05) is 17.4 Å². The van der Waals surface area contributed by atoms with Crippen molar-refractivity contribution in [2.45, 2.75) is 26.8 Å². The van der Waals surface area contributed by atoms with Crippen LogP contribution in [0.3, 0.4) is 0 Å². The number of hydrogen-bond donors (Lipinski definition) is 1. The van der Waals surface area contributed by atoms with E-state index in [4.69, 9.17) is 0 Å². The van der Waals surface area contributed by atoms with E-state index in [1.807, 2.05) is 6.92 Å². The fourth-order valence-electron chi connectivity index (χ4n) is 0.597. The first-order valence-corrected chi connectivity index (χ1v) is 4.93. The van der Waals surface area contributed by atoms with Gasteiger partial charge in [0.25, 0.3) is 0 Å². The largest absolute Gasteiger partial charge is 0.354 e. The molecule has 0 aromatic rings. The highest BCUT2D eigenvalue weighted by atomic mass is 127. The fourth-order valence-corrected chi connectivity index (χ4v) is 1.36. The Labute approximate surface area is 75.9 Å². The lowest BCUT2D eigenvalue weighted by molar-refractivity contribution is -0.119. The third kappa shape index (κ3) is 4.09. The number of carbonyl (C=O) groups excluding carboxylic acids is 1. The molecule has 0 aromatic carbocycles. The number of halogens is 1. The molecular weight excluding hydrogens is 241 g/mol. The number of hydrogen-bond acceptors (Lipinski definition) is 1. The third-order valence-electron chi connectivity index (χ3n) is 1.53. The van der Waals surface area contributed by atoms with Gasteiger partial charge in [-0.1, -0.05) is 29.5 Å². The summed E-state index contributed by atoms with van der Waals surface area (Å²) in [5.41, 5.74) is 0. The van der Waals surface area contributed by atoms with E-state index in [2.05, 4.69) is 34.8 Å². The predicted molar refractivity (Wildman–Crippen MR) is 51.3 cm³/mol. The quantitative estimate of drug-likeness (QED) is 0.602. The molecule has 3 heteroatoms. The summed E-state index contributed by atoms with van der Waals surface area (Å²) < 4.78 is 1.08. The minimum absolute atomic E-state index is 0.0594. The average Bonchev–Trinajstić information content (AvgIpc) is 1.85. The van der Waals surface area contributed by atoms with Crippen LogP contribution < -0.4 is 5.32 Å². The minimum atomic E-state index is 0.0594. The summed E-state index contributed by atoms with van der Waals surface area (Å²) in [6.45, 7) is 5.72. The van der Waals surface area contributed by atoms with Gasteiger partial charge in [0.1, 0.15) is 0 Å². The molecule has 0 bridgehead atoms. The number of alkyl halides is 1. The highest BCUT2D eigenvalue weighted by Crippen LogP contribution is 2.05. The minimum Gasteiger partial charge on any atom is -0.354 e. The van der Waals surface area contributed by atoms with Crippen LogP contribution >= 0.6 is 22.6 Å². The first-order valence-electron chi connectivity index (χ1n) is 3.41. The zero-order valence-electron chi connectivity index (χ0n) is 6.65. The summed E-state index contributed by atoms with van der Waals surface area (Å²) >= 11 is 2.32. The molecule has 0 rings (SSSR count). The zero-order valence-corrected chi connectivity index (χ0v) is 8.81. The first-order chi connectivity index (χ1) is 4.57. The Hall–Kier alpha value is 0.200. The van der Waals surface area contributed by atoms with Gasteiger partial charge in [-0.05, 0) is 12.8 Å². The Bertz CT molecular complexity index is 116. The lowest BCUT2D eigenvalue weighted by Gasteiger charge is -2.17. The SMILES string of the molecule is CC(=O)N[C@H](C)C(C)CI. The van der Waals surface area contributed by atoms with E-state index in [0.717, 1.165) is 4.43 Å². The van der Waals surface area contributed by atoms with E-state index < -0.39 is 0 Å². The van der Waals surface area contributed by atoms with E-state index in [1.54, 1.807) is 6.92 Å². The van der Waals surface area contributed by atoms with Crippen LogP contribution in [0.25, 0.3) is 0 Å². The maximum atomic E-state index is 10.6. The van der Waals surface area contributed by atoms with E-state index in [0.29, 0.717) is 12.0 Å². The van der Waals surface area contributed by atoms with Crippen LogP contribution in [0.4, 0.5) is 0 Å². The molecule has 0 heterocycles. The smallest absolute Gasteiger partial charge is 0.217 e. The molecule has 1 N–H and O–H groups in total. The second-order valence-corrected chi connectivity index (χ2v) is 3.50. The Balaban J connectivity index is 3.61. The van der Waals surface area contributed by atoms with E-state index in [9.17, 15) is 4.79 Å². The van der Waals surface area contributed by atoms with Crippen molar-refractivity contribution in [1.29, 1.82) is 0 Å². The van der Waals surface area contributed by atoms with Crippen molar-refractivity contribution >= 4 is 28.5 Å². The highest BCUT2D eigenvalue weighted by molar-refractivity contribution is 14.1. The molecule has 0 aliphatic rings. The van der Waals surface area contributed by atoms with Gasteiger partial charge >= 0.3 is 0 Å². The molecular formula is C7H14INO. The van der Waals surface area contributed by atoms with Crippen LogP contribution in [0.5, 0.6) is 0 Å². The van der Waals surface area contributed by atoms with Crippen LogP contribution in [0.2, 0.25) is 0 Å². The van der Waals surface area contributed by atoms with Gasteiger partial charge in [0.2, 0.25) is 5.91 Å². The number of carbonyl (C=O) groups is 1. The van der Waals surface area contributed by atoms with Crippen LogP contribution in [0, 0.1) is 5.92 Å². The molecule has 1 amide bonds. The van der Waals surface area contributed by atoms with Crippen LogP contribution in [-0.4, -0.2) is 16.4 Å². The van der Waals surface area contributed by atoms with Gasteiger partial charge in [-0.3, -0.25) is 4.79 Å². The number of nitrogens with one attached hydrogen (secondary N) is 1. The highest BCUT2D eigenvalue weighted by Gasteiger charge is 2.10. The van der Waals surface area contributed by atoms with Crippen molar-refractivity contribution in [1.82, 2.24) is 5.32 Å². The van der Waals surface area contributed by atoms with Gasteiger partial charge in [-0.15, -0.1) is 0 Å². The van der Waals surface area contributed by atoms with Gasteiger partial charge in [-0.25, -0.2) is 0 Å². The van der Waals surface area contributed by atoms with Crippen molar-refractivity contribution in [2.75, 3.05) is 4.43 Å². The third-order valence-corrected chi connectivity index (χ3v) is 2.92. The molecule has 0 saturated carbocycles. The molecule has 10 heavy (non-hydrogen) atoms. The normalized spacial score (nSPS) is 16.0. The van der Waals surface area contributed by atoms with Crippen molar-refractivity contribution < 1.29 is 4.79 Å². The maximum Gasteiger partial charge on any atom is 0.217 e. The standard InChI is InChI=1S/C7H14INO/c1-5(4-8)6(2)9-7(3)10/h5-6H,4H2,1-3H3,(H,9,10)/t5?,6-/m1/s1. The van der Waals surface area contributed by atoms with Gasteiger partial charge in [0.15, 0.2) is 0 Å². The van der Waals surface area contributed by atoms with Crippen LogP contribution in [-0.2, 0) is 4.79 Å². The maximum absolute atomic E-state index is 10.6. The van der Waals surface area contributed by atoms with Crippen molar-refractivity contribution in [3.8, 4) is 0 Å². The summed E-state index contributed by atoms with van der Waals surface area (Å²) in [5, 5.41) is 2.85. The first kappa shape index (κ1) is 10.2. The second kappa shape index (κ2) is 4.93. The molecule has 0 aliphatic heterocycles. The summed E-state index contributed by atoms with van der Waals surface area (Å²) in [6.07, 6.45) is 0. The van der Waals surface area contributed by atoms with Crippen molar-refractivity contribution in [2.24, 2.45) is 5.92 Å². The molecule has 0 aromatic heterocycles.